The molecule has 0 saturated carbocycles. The van der Waals surface area contributed by atoms with Crippen molar-refractivity contribution < 1.29 is 18.7 Å². The lowest BCUT2D eigenvalue weighted by atomic mass is 10.1. The van der Waals surface area contributed by atoms with Crippen molar-refractivity contribution in [1.82, 2.24) is 10.2 Å². The molecular weight excluding hydrogens is 367 g/mol. The normalized spacial score (nSPS) is 10.5. The monoisotopic (exact) mass is 390 g/mol. The predicted octanol–water partition coefficient (Wildman–Crippen LogP) is 2.95. The molecule has 0 aliphatic carbocycles. The molecule has 0 radical (unpaired) electrons. The van der Waals surface area contributed by atoms with E-state index in [1.165, 1.54) is 28.8 Å². The van der Waals surface area contributed by atoms with E-state index in [0.29, 0.717) is 30.8 Å². The summed E-state index contributed by atoms with van der Waals surface area (Å²) in [5, 5.41) is 2.75. The van der Waals surface area contributed by atoms with E-state index in [1.807, 2.05) is 12.1 Å². The Bertz CT molecular complexity index is 785. The molecule has 0 fully saturated rings. The van der Waals surface area contributed by atoms with Gasteiger partial charge in [-0.05, 0) is 29.8 Å². The highest BCUT2D eigenvalue weighted by Gasteiger charge is 2.17. The summed E-state index contributed by atoms with van der Waals surface area (Å²) in [6.07, 6.45) is 0. The Hall–Kier alpha value is -2.38. The number of nitrogens with one attached hydrogen (secondary N) is 1. The van der Waals surface area contributed by atoms with E-state index in [4.69, 9.17) is 4.74 Å². The van der Waals surface area contributed by atoms with Crippen molar-refractivity contribution in [2.75, 3.05) is 33.1 Å². The number of hydrogen-bond acceptors (Lipinski definition) is 4. The number of carbonyl (C=O) groups excluding carboxylic acids is 2. The summed E-state index contributed by atoms with van der Waals surface area (Å²) in [4.78, 5) is 26.9. The maximum absolute atomic E-state index is 13.3. The molecule has 0 atom stereocenters. The van der Waals surface area contributed by atoms with Gasteiger partial charge in [0.2, 0.25) is 5.91 Å². The van der Waals surface area contributed by atoms with Crippen molar-refractivity contribution in [2.45, 2.75) is 11.4 Å². The first-order chi connectivity index (χ1) is 13.0. The van der Waals surface area contributed by atoms with Crippen LogP contribution in [0.15, 0.2) is 53.4 Å². The number of ether oxygens (including phenoxy) is 1. The van der Waals surface area contributed by atoms with E-state index < -0.39 is 0 Å². The first-order valence-corrected chi connectivity index (χ1v) is 9.47. The van der Waals surface area contributed by atoms with E-state index >= 15 is 0 Å². The SMILES string of the molecule is COCCNC(=O)CSc1ccccc1C(=O)N(C)Cc1cccc(F)c1. The Morgan fingerprint density at radius 3 is 2.70 bits per heavy atom. The average Bonchev–Trinajstić information content (AvgIpc) is 2.66. The Morgan fingerprint density at radius 1 is 1.19 bits per heavy atom. The molecule has 2 aromatic carbocycles. The summed E-state index contributed by atoms with van der Waals surface area (Å²) < 4.78 is 18.2. The number of thioether (sulfide) groups is 1. The highest BCUT2D eigenvalue weighted by Crippen LogP contribution is 2.24. The van der Waals surface area contributed by atoms with Crippen LogP contribution in [0.5, 0.6) is 0 Å². The number of carbonyl (C=O) groups is 2. The number of nitrogens with zero attached hydrogens (tertiary/aromatic N) is 1. The molecule has 1 N–H and O–H groups in total. The van der Waals surface area contributed by atoms with Crippen molar-refractivity contribution in [3.63, 3.8) is 0 Å². The molecule has 0 aliphatic rings. The van der Waals surface area contributed by atoms with Gasteiger partial charge in [-0.1, -0.05) is 24.3 Å². The van der Waals surface area contributed by atoms with Gasteiger partial charge in [0, 0.05) is 32.1 Å². The maximum atomic E-state index is 13.3. The number of benzene rings is 2. The Kier molecular flexibility index (Phi) is 8.29. The van der Waals surface area contributed by atoms with Crippen LogP contribution in [0.25, 0.3) is 0 Å². The minimum atomic E-state index is -0.330. The molecule has 144 valence electrons. The summed E-state index contributed by atoms with van der Waals surface area (Å²) in [6, 6.07) is 13.3. The molecule has 0 aromatic heterocycles. The van der Waals surface area contributed by atoms with Crippen molar-refractivity contribution in [3.8, 4) is 0 Å². The van der Waals surface area contributed by atoms with Gasteiger partial charge in [-0.3, -0.25) is 9.59 Å². The number of hydrogen-bond donors (Lipinski definition) is 1. The lowest BCUT2D eigenvalue weighted by molar-refractivity contribution is -0.118. The molecule has 27 heavy (non-hydrogen) atoms. The summed E-state index contributed by atoms with van der Waals surface area (Å²) >= 11 is 1.31. The molecule has 0 bridgehead atoms. The Balaban J connectivity index is 2.00. The van der Waals surface area contributed by atoms with Gasteiger partial charge in [0.1, 0.15) is 5.82 Å². The quantitative estimate of drug-likeness (QED) is 0.528. The molecule has 2 amide bonds. The van der Waals surface area contributed by atoms with E-state index in [1.54, 1.807) is 38.4 Å². The van der Waals surface area contributed by atoms with Gasteiger partial charge in [-0.2, -0.15) is 0 Å². The standard InChI is InChI=1S/C20H23FN2O3S/c1-23(13-15-6-5-7-16(21)12-15)20(25)17-8-3-4-9-18(17)27-14-19(24)22-10-11-26-2/h3-9,12H,10-11,13-14H2,1-2H3,(H,22,24). The van der Waals surface area contributed by atoms with E-state index in [2.05, 4.69) is 5.32 Å². The highest BCUT2D eigenvalue weighted by atomic mass is 32.2. The van der Waals surface area contributed by atoms with Gasteiger partial charge in [-0.25, -0.2) is 4.39 Å². The number of halogens is 1. The first kappa shape index (κ1) is 20.9. The van der Waals surface area contributed by atoms with Crippen molar-refractivity contribution in [3.05, 3.63) is 65.5 Å². The molecule has 5 nitrogen and oxygen atoms in total. The van der Waals surface area contributed by atoms with Crippen molar-refractivity contribution in [2.24, 2.45) is 0 Å². The predicted molar refractivity (Wildman–Crippen MR) is 104 cm³/mol. The average molecular weight is 390 g/mol. The zero-order valence-electron chi connectivity index (χ0n) is 15.4. The smallest absolute Gasteiger partial charge is 0.255 e. The minimum Gasteiger partial charge on any atom is -0.383 e. The molecule has 0 aliphatic heterocycles. The van der Waals surface area contributed by atoms with Crippen LogP contribution in [0.3, 0.4) is 0 Å². The molecule has 0 saturated heterocycles. The molecule has 2 rings (SSSR count). The highest BCUT2D eigenvalue weighted by molar-refractivity contribution is 8.00. The molecule has 2 aromatic rings. The summed E-state index contributed by atoms with van der Waals surface area (Å²) in [5.41, 5.74) is 1.24. The van der Waals surface area contributed by atoms with Gasteiger partial charge in [0.05, 0.1) is 17.9 Å². The van der Waals surface area contributed by atoms with Crippen LogP contribution in [0.2, 0.25) is 0 Å². The van der Waals surface area contributed by atoms with Crippen LogP contribution in [-0.2, 0) is 16.1 Å². The third-order valence-electron chi connectivity index (χ3n) is 3.76. The van der Waals surface area contributed by atoms with Crippen LogP contribution in [0.1, 0.15) is 15.9 Å². The molecule has 0 spiro atoms. The lowest BCUT2D eigenvalue weighted by Gasteiger charge is -2.19. The molecule has 0 heterocycles. The van der Waals surface area contributed by atoms with Crippen LogP contribution < -0.4 is 5.32 Å². The second-order valence-corrected chi connectivity index (χ2v) is 6.94. The van der Waals surface area contributed by atoms with Gasteiger partial charge in [0.15, 0.2) is 0 Å². The van der Waals surface area contributed by atoms with Crippen molar-refractivity contribution in [1.29, 1.82) is 0 Å². The third-order valence-corrected chi connectivity index (χ3v) is 4.83. The Morgan fingerprint density at radius 2 is 1.96 bits per heavy atom. The molecule has 0 unspecified atom stereocenters. The zero-order chi connectivity index (χ0) is 19.6. The van der Waals surface area contributed by atoms with E-state index in [-0.39, 0.29) is 23.4 Å². The second-order valence-electron chi connectivity index (χ2n) is 5.92. The fourth-order valence-electron chi connectivity index (χ4n) is 2.44. The van der Waals surface area contributed by atoms with E-state index in [0.717, 1.165) is 4.90 Å². The zero-order valence-corrected chi connectivity index (χ0v) is 16.2. The van der Waals surface area contributed by atoms with Crippen LogP contribution in [0, 0.1) is 5.82 Å². The third kappa shape index (κ3) is 6.69. The van der Waals surface area contributed by atoms with E-state index in [9.17, 15) is 14.0 Å². The van der Waals surface area contributed by atoms with Gasteiger partial charge >= 0.3 is 0 Å². The van der Waals surface area contributed by atoms with Gasteiger partial charge in [0.25, 0.3) is 5.91 Å². The fourth-order valence-corrected chi connectivity index (χ4v) is 3.32. The number of rotatable bonds is 9. The van der Waals surface area contributed by atoms with Crippen molar-refractivity contribution >= 4 is 23.6 Å². The molecular formula is C20H23FN2O3S. The second kappa shape index (κ2) is 10.7. The summed E-state index contributed by atoms with van der Waals surface area (Å²) in [7, 11) is 3.25. The Labute approximate surface area is 162 Å². The summed E-state index contributed by atoms with van der Waals surface area (Å²) in [6.45, 7) is 1.20. The maximum Gasteiger partial charge on any atom is 0.255 e. The van der Waals surface area contributed by atoms with Crippen LogP contribution in [0.4, 0.5) is 4.39 Å². The minimum absolute atomic E-state index is 0.118. The number of methoxy groups -OCH3 is 1. The largest absolute Gasteiger partial charge is 0.383 e. The fraction of sp³-hybridized carbons (Fsp3) is 0.300. The van der Waals surface area contributed by atoms with Crippen LogP contribution in [-0.4, -0.2) is 49.8 Å². The van der Waals surface area contributed by atoms with Gasteiger partial charge < -0.3 is 15.0 Å². The topological polar surface area (TPSA) is 58.6 Å². The van der Waals surface area contributed by atoms with Gasteiger partial charge in [-0.15, -0.1) is 11.8 Å². The van der Waals surface area contributed by atoms with Crippen LogP contribution >= 0.6 is 11.8 Å². The summed E-state index contributed by atoms with van der Waals surface area (Å²) in [5.74, 6) is -0.417. The lowest BCUT2D eigenvalue weighted by Crippen LogP contribution is -2.29. The number of amides is 2. The first-order valence-electron chi connectivity index (χ1n) is 8.48. The molecule has 7 heteroatoms.